The van der Waals surface area contributed by atoms with Crippen molar-refractivity contribution in [1.29, 1.82) is 5.26 Å². The lowest BCUT2D eigenvalue weighted by Crippen LogP contribution is -2.46. The molecule has 0 saturated carbocycles. The van der Waals surface area contributed by atoms with Gasteiger partial charge in [0.25, 0.3) is 0 Å². The molecule has 0 N–H and O–H groups in total. The van der Waals surface area contributed by atoms with Crippen molar-refractivity contribution < 1.29 is 14.4 Å². The van der Waals surface area contributed by atoms with Gasteiger partial charge in [0.2, 0.25) is 0 Å². The van der Waals surface area contributed by atoms with Gasteiger partial charge in [0.1, 0.15) is 6.07 Å². The number of carboxylic acids is 1. The average Bonchev–Trinajstić information content (AvgIpc) is 4.48. The Bertz CT molecular complexity index is 3070. The molecule has 2 aliphatic rings. The van der Waals surface area contributed by atoms with Crippen molar-refractivity contribution in [3.63, 3.8) is 0 Å². The predicted octanol–water partition coefficient (Wildman–Crippen LogP) is 20.4. The number of fused-ring (bicyclic) bond motifs is 6. The summed E-state index contributed by atoms with van der Waals surface area (Å²) in [6.07, 6.45) is 23.6. The second-order valence-electron chi connectivity index (χ2n) is 23.2. The van der Waals surface area contributed by atoms with Gasteiger partial charge in [0.05, 0.1) is 38.2 Å². The van der Waals surface area contributed by atoms with Crippen LogP contribution in [0.1, 0.15) is 191 Å². The number of rotatable bonds is 28. The summed E-state index contributed by atoms with van der Waals surface area (Å²) >= 11 is 3.18. The molecule has 420 valence electrons. The van der Waals surface area contributed by atoms with Crippen LogP contribution in [0.4, 0.5) is 17.1 Å². The van der Waals surface area contributed by atoms with Crippen LogP contribution in [0, 0.1) is 11.3 Å². The van der Waals surface area contributed by atoms with Crippen LogP contribution in [-0.2, 0) is 15.6 Å². The maximum absolute atomic E-state index is 11.4. The molecule has 2 heterocycles. The van der Waals surface area contributed by atoms with Gasteiger partial charge in [-0.25, -0.2) is 0 Å². The number of thiophene rings is 2. The molecule has 2 aromatic heterocycles. The number of benzene rings is 5. The van der Waals surface area contributed by atoms with Gasteiger partial charge in [-0.15, -0.1) is 22.7 Å². The number of nitriles is 1. The van der Waals surface area contributed by atoms with Crippen LogP contribution in [0.3, 0.4) is 0 Å². The fraction of sp³-hybridized carbons (Fsp3) is 0.425. The van der Waals surface area contributed by atoms with Gasteiger partial charge in [0, 0.05) is 47.4 Å². The molecule has 5 aromatic carbocycles. The number of quaternary nitrogens is 1. The molecule has 0 amide bonds. The highest BCUT2D eigenvalue weighted by Crippen LogP contribution is 2.58. The van der Waals surface area contributed by atoms with Crippen LogP contribution in [0.15, 0.2) is 139 Å². The van der Waals surface area contributed by atoms with Gasteiger partial charge in [-0.05, 0) is 162 Å². The molecule has 5 nitrogen and oxygen atoms in total. The van der Waals surface area contributed by atoms with E-state index in [2.05, 4.69) is 182 Å². The van der Waals surface area contributed by atoms with Crippen molar-refractivity contribution >= 4 is 51.8 Å². The van der Waals surface area contributed by atoms with E-state index < -0.39 is 5.97 Å². The lowest BCUT2D eigenvalue weighted by molar-refractivity contribution is -0.910. The third-order valence-electron chi connectivity index (χ3n) is 17.5. The fourth-order valence-corrected chi connectivity index (χ4v) is 15.1. The zero-order valence-corrected chi connectivity index (χ0v) is 51.2. The first-order valence-corrected chi connectivity index (χ1v) is 32.4. The molecule has 0 atom stereocenters. The zero-order chi connectivity index (χ0) is 56.7. The Morgan fingerprint density at radius 3 is 1.34 bits per heavy atom. The Labute approximate surface area is 489 Å². The minimum absolute atomic E-state index is 0.0273. The van der Waals surface area contributed by atoms with Gasteiger partial charge in [-0.1, -0.05) is 192 Å². The predicted molar refractivity (Wildman–Crippen MR) is 342 cm³/mol. The Balaban J connectivity index is 0.000000530. The first-order chi connectivity index (χ1) is 39.0. The van der Waals surface area contributed by atoms with Gasteiger partial charge in [-0.3, -0.25) is 0 Å². The summed E-state index contributed by atoms with van der Waals surface area (Å²) in [4.78, 5) is 17.9. The quantitative estimate of drug-likeness (QED) is 0.0278. The van der Waals surface area contributed by atoms with E-state index in [0.29, 0.717) is 4.88 Å². The van der Waals surface area contributed by atoms with E-state index in [0.717, 1.165) is 51.6 Å². The smallest absolute Gasteiger partial charge is 0.101 e. The van der Waals surface area contributed by atoms with Crippen molar-refractivity contribution in [2.45, 2.75) is 175 Å². The summed E-state index contributed by atoms with van der Waals surface area (Å²) in [6, 6.07) is 52.1. The van der Waals surface area contributed by atoms with Crippen molar-refractivity contribution in [3.05, 3.63) is 166 Å². The van der Waals surface area contributed by atoms with E-state index in [-0.39, 0.29) is 16.4 Å². The highest BCUT2D eigenvalue weighted by Gasteiger charge is 2.44. The molecule has 9 rings (SSSR count). The van der Waals surface area contributed by atoms with Crippen molar-refractivity contribution in [2.75, 3.05) is 31.6 Å². The molecule has 7 aromatic rings. The molecular formula is C73H89N3O2S2. The van der Waals surface area contributed by atoms with Crippen LogP contribution in [0.25, 0.3) is 48.5 Å². The van der Waals surface area contributed by atoms with E-state index in [4.69, 9.17) is 0 Å². The number of aliphatic carboxylic acids is 1. The Hall–Kier alpha value is -6.04. The summed E-state index contributed by atoms with van der Waals surface area (Å²) in [7, 11) is 2.45. The van der Waals surface area contributed by atoms with Crippen LogP contribution >= 0.6 is 22.7 Å². The Morgan fingerprint density at radius 1 is 0.500 bits per heavy atom. The van der Waals surface area contributed by atoms with E-state index in [9.17, 15) is 15.2 Å². The van der Waals surface area contributed by atoms with E-state index in [1.807, 2.05) is 12.1 Å². The average molecular weight is 1100 g/mol. The van der Waals surface area contributed by atoms with Crippen molar-refractivity contribution in [3.8, 4) is 48.5 Å². The maximum atomic E-state index is 11.4. The second kappa shape index (κ2) is 28.1. The molecule has 7 heteroatoms. The number of nitrogens with zero attached hydrogens (tertiary/aromatic N) is 3. The van der Waals surface area contributed by atoms with E-state index in [1.165, 1.54) is 187 Å². The normalized spacial score (nSPS) is 13.7. The minimum Gasteiger partial charge on any atom is -0.544 e. The van der Waals surface area contributed by atoms with Crippen LogP contribution in [0.2, 0.25) is 0 Å². The first-order valence-electron chi connectivity index (χ1n) is 30.7. The van der Waals surface area contributed by atoms with Crippen LogP contribution < -0.4 is 10.0 Å². The lowest BCUT2D eigenvalue weighted by atomic mass is 9.70. The topological polar surface area (TPSA) is 67.2 Å². The standard InChI is InChI=1S/C60H60N2O2S2.C13H30N/c1-5-9-33-59(34-10-6-2)51-19-15-13-17-47(51)49-28-25-44(38-53(49)59)62(45-26-29-50-48-18-14-16-20-52(48)60(35-11-7-3,36-12-8-4)54(50)39-45)43-23-21-41(22-24-43)55-31-32-57(66-55)56-30-27-46(65-56)37-42(40-61)58(63)64;1-5-8-11-14(4,12-9-6-2)13-10-7-3/h13-32,37-39H,5-12,33-36H2,1-4H3,(H,63,64);5-13H2,1-4H3/q;+1/p-1/b42-37+;. The summed E-state index contributed by atoms with van der Waals surface area (Å²) in [6.45, 7) is 20.3. The van der Waals surface area contributed by atoms with Crippen LogP contribution in [0.5, 0.6) is 0 Å². The minimum atomic E-state index is -1.46. The zero-order valence-electron chi connectivity index (χ0n) is 49.6. The second-order valence-corrected chi connectivity index (χ2v) is 25.4. The van der Waals surface area contributed by atoms with Crippen molar-refractivity contribution in [2.24, 2.45) is 0 Å². The molecule has 0 spiro atoms. The summed E-state index contributed by atoms with van der Waals surface area (Å²) < 4.78 is 1.32. The van der Waals surface area contributed by atoms with E-state index >= 15 is 0 Å². The Kier molecular flexibility index (Phi) is 21.1. The highest BCUT2D eigenvalue weighted by atomic mass is 32.1. The summed E-state index contributed by atoms with van der Waals surface area (Å²) in [5.41, 5.74) is 15.7. The fourth-order valence-electron chi connectivity index (χ4n) is 13.1. The van der Waals surface area contributed by atoms with Gasteiger partial charge >= 0.3 is 0 Å². The van der Waals surface area contributed by atoms with Gasteiger partial charge < -0.3 is 19.3 Å². The molecule has 0 unspecified atom stereocenters. The maximum Gasteiger partial charge on any atom is 0.101 e. The largest absolute Gasteiger partial charge is 0.544 e. The van der Waals surface area contributed by atoms with Gasteiger partial charge in [0.15, 0.2) is 0 Å². The van der Waals surface area contributed by atoms with Crippen LogP contribution in [-0.4, -0.2) is 37.1 Å². The summed E-state index contributed by atoms with van der Waals surface area (Å²) in [5.74, 6) is -1.46. The number of carboxylic acid groups (broad SMARTS) is 1. The third kappa shape index (κ3) is 13.0. The lowest BCUT2D eigenvalue weighted by Gasteiger charge is -2.35. The molecule has 0 saturated heterocycles. The number of carbonyl (C=O) groups excluding carboxylic acids is 1. The molecular weight excluding hydrogens is 1010 g/mol. The number of hydrogen-bond acceptors (Lipinski definition) is 6. The molecule has 0 bridgehead atoms. The summed E-state index contributed by atoms with van der Waals surface area (Å²) in [5, 5.41) is 20.6. The molecule has 0 radical (unpaired) electrons. The monoisotopic (exact) mass is 1100 g/mol. The molecule has 2 aliphatic carbocycles. The van der Waals surface area contributed by atoms with E-state index in [1.54, 1.807) is 17.4 Å². The highest BCUT2D eigenvalue weighted by molar-refractivity contribution is 7.24. The molecule has 80 heavy (non-hydrogen) atoms. The SMILES string of the molecule is CCCCC1(CCCC)c2ccccc2-c2ccc(N(c3ccc(-c4ccc(-c5ccc(/C=C(\C#N)C(=O)[O-])s5)s4)cc3)c3ccc4c(c3)C(CCCC)(CCCC)c3ccccc3-4)cc21.CCCC[N+](C)(CCCC)CCCC. The number of unbranched alkanes of at least 4 members (excludes halogenated alkanes) is 7. The molecule has 0 aliphatic heterocycles. The van der Waals surface area contributed by atoms with Gasteiger partial charge in [-0.2, -0.15) is 5.26 Å². The third-order valence-corrected chi connectivity index (χ3v) is 19.9. The Morgan fingerprint density at radius 2 is 0.900 bits per heavy atom. The number of carbonyl (C=O) groups is 1. The molecule has 0 fully saturated rings. The van der Waals surface area contributed by atoms with Crippen molar-refractivity contribution in [1.82, 2.24) is 0 Å². The number of anilines is 3. The number of hydrogen-bond donors (Lipinski definition) is 0. The first kappa shape index (κ1) is 60.1.